The van der Waals surface area contributed by atoms with E-state index < -0.39 is 6.09 Å². The number of amides is 1. The molecule has 0 aromatic heterocycles. The molecule has 0 spiro atoms. The van der Waals surface area contributed by atoms with Gasteiger partial charge in [-0.3, -0.25) is 10.2 Å². The second-order valence-electron chi connectivity index (χ2n) is 9.16. The molecule has 5 nitrogen and oxygen atoms in total. The van der Waals surface area contributed by atoms with Gasteiger partial charge in [0.2, 0.25) is 0 Å². The first-order chi connectivity index (χ1) is 16.5. The maximum atomic E-state index is 12.9. The van der Waals surface area contributed by atoms with Gasteiger partial charge >= 0.3 is 6.09 Å². The van der Waals surface area contributed by atoms with Crippen molar-refractivity contribution in [3.05, 3.63) is 82.4 Å². The van der Waals surface area contributed by atoms with Gasteiger partial charge in [-0.25, -0.2) is 4.79 Å². The fourth-order valence-corrected chi connectivity index (χ4v) is 5.36. The maximum Gasteiger partial charge on any atom is 0.411 e. The quantitative estimate of drug-likeness (QED) is 0.437. The molecular weight excluding hydrogens is 442 g/mol. The average molecular weight is 474 g/mol. The molecule has 1 aliphatic carbocycles. The topological polar surface area (TPSA) is 53.6 Å². The van der Waals surface area contributed by atoms with Gasteiger partial charge in [-0.05, 0) is 58.9 Å². The van der Waals surface area contributed by atoms with E-state index in [0.717, 1.165) is 54.4 Å². The Bertz CT molecular complexity index is 1170. The fourth-order valence-electron chi connectivity index (χ4n) is 5.10. The highest BCUT2D eigenvalue weighted by Gasteiger charge is 2.29. The van der Waals surface area contributed by atoms with Gasteiger partial charge in [0.05, 0.1) is 0 Å². The van der Waals surface area contributed by atoms with Crippen LogP contribution in [0.1, 0.15) is 33.7 Å². The summed E-state index contributed by atoms with van der Waals surface area (Å²) in [7, 11) is 0. The second kappa shape index (κ2) is 9.82. The Morgan fingerprint density at radius 2 is 1.65 bits per heavy atom. The molecule has 5 rings (SSSR count). The minimum Gasteiger partial charge on any atom is -0.448 e. The zero-order valence-electron chi connectivity index (χ0n) is 19.7. The molecule has 176 valence electrons. The van der Waals surface area contributed by atoms with Gasteiger partial charge in [-0.15, -0.1) is 12.6 Å². The van der Waals surface area contributed by atoms with Gasteiger partial charge in [0.25, 0.3) is 0 Å². The Morgan fingerprint density at radius 3 is 2.29 bits per heavy atom. The Hall–Kier alpha value is -2.80. The van der Waals surface area contributed by atoms with Crippen LogP contribution in [-0.4, -0.2) is 43.8 Å². The molecular formula is C28H31N3O2S. The van der Waals surface area contributed by atoms with Crippen molar-refractivity contribution in [2.24, 2.45) is 0 Å². The third-order valence-corrected chi connectivity index (χ3v) is 7.77. The van der Waals surface area contributed by atoms with Crippen LogP contribution in [0, 0.1) is 13.8 Å². The summed E-state index contributed by atoms with van der Waals surface area (Å²) in [6.07, 6.45) is -0.435. The minimum absolute atomic E-state index is 0.0426. The number of rotatable bonds is 5. The lowest BCUT2D eigenvalue weighted by Gasteiger charge is -2.28. The molecule has 3 aromatic carbocycles. The number of thiol groups is 1. The smallest absolute Gasteiger partial charge is 0.411 e. The summed E-state index contributed by atoms with van der Waals surface area (Å²) in [6, 6.07) is 18.8. The molecule has 2 aliphatic rings. The Labute approximate surface area is 206 Å². The van der Waals surface area contributed by atoms with Gasteiger partial charge in [-0.1, -0.05) is 48.5 Å². The van der Waals surface area contributed by atoms with Crippen molar-refractivity contribution in [3.8, 4) is 11.1 Å². The predicted molar refractivity (Wildman–Crippen MR) is 140 cm³/mol. The summed E-state index contributed by atoms with van der Waals surface area (Å²) in [5, 5.41) is 6.38. The minimum atomic E-state index is -0.435. The summed E-state index contributed by atoms with van der Waals surface area (Å²) in [5.74, 6) is 0.0426. The first kappa shape index (κ1) is 23.0. The van der Waals surface area contributed by atoms with E-state index in [0.29, 0.717) is 6.61 Å². The lowest BCUT2D eigenvalue weighted by Crippen LogP contribution is -2.43. The normalized spacial score (nSPS) is 15.6. The van der Waals surface area contributed by atoms with Crippen molar-refractivity contribution in [2.75, 3.05) is 38.1 Å². The zero-order chi connectivity index (χ0) is 23.7. The highest BCUT2D eigenvalue weighted by atomic mass is 32.1. The monoisotopic (exact) mass is 473 g/mol. The van der Waals surface area contributed by atoms with Crippen LogP contribution in [0.25, 0.3) is 11.1 Å². The second-order valence-corrected chi connectivity index (χ2v) is 9.61. The lowest BCUT2D eigenvalue weighted by atomic mass is 9.98. The molecule has 3 aromatic rings. The van der Waals surface area contributed by atoms with E-state index in [9.17, 15) is 4.79 Å². The van der Waals surface area contributed by atoms with Crippen molar-refractivity contribution in [3.63, 3.8) is 0 Å². The first-order valence-corrected chi connectivity index (χ1v) is 12.3. The van der Waals surface area contributed by atoms with Gasteiger partial charge in [-0.2, -0.15) is 0 Å². The number of nitrogens with one attached hydrogen (secondary N) is 2. The maximum absolute atomic E-state index is 12.9. The molecule has 0 atom stereocenters. The first-order valence-electron chi connectivity index (χ1n) is 11.9. The van der Waals surface area contributed by atoms with Crippen molar-refractivity contribution in [1.82, 2.24) is 10.2 Å². The highest BCUT2D eigenvalue weighted by Crippen LogP contribution is 2.44. The standard InChI is InChI=1S/C28H31N3O2S/c1-18-20(16-31-13-11-29-12-14-31)15-26(19(2)27(18)34)30-28(32)33-17-25-23-9-5-3-7-21(23)22-8-4-6-10-24(22)25/h3-10,15,25,29,34H,11-14,16-17H2,1-2H3,(H,30,32). The summed E-state index contributed by atoms with van der Waals surface area (Å²) in [5.41, 5.74) is 8.93. The van der Waals surface area contributed by atoms with Crippen LogP contribution in [-0.2, 0) is 11.3 Å². The number of fused-ring (bicyclic) bond motifs is 3. The van der Waals surface area contributed by atoms with Crippen LogP contribution in [0.3, 0.4) is 0 Å². The van der Waals surface area contributed by atoms with Crippen LogP contribution in [0.5, 0.6) is 0 Å². The van der Waals surface area contributed by atoms with Crippen molar-refractivity contribution >= 4 is 24.4 Å². The van der Waals surface area contributed by atoms with E-state index in [1.165, 1.54) is 27.8 Å². The molecule has 0 bridgehead atoms. The summed E-state index contributed by atoms with van der Waals surface area (Å²) >= 11 is 4.75. The number of piperazine rings is 1. The van der Waals surface area contributed by atoms with E-state index in [-0.39, 0.29) is 5.92 Å². The van der Waals surface area contributed by atoms with Crippen molar-refractivity contribution in [1.29, 1.82) is 0 Å². The third kappa shape index (κ3) is 4.45. The van der Waals surface area contributed by atoms with Crippen LogP contribution >= 0.6 is 12.6 Å². The van der Waals surface area contributed by atoms with Crippen molar-refractivity contribution in [2.45, 2.75) is 31.2 Å². The van der Waals surface area contributed by atoms with Gasteiger partial charge < -0.3 is 10.1 Å². The molecule has 1 saturated heterocycles. The van der Waals surface area contributed by atoms with Crippen LogP contribution in [0.15, 0.2) is 59.5 Å². The molecule has 0 saturated carbocycles. The average Bonchev–Trinajstić information content (AvgIpc) is 3.19. The van der Waals surface area contributed by atoms with E-state index in [2.05, 4.69) is 64.9 Å². The largest absolute Gasteiger partial charge is 0.448 e. The van der Waals surface area contributed by atoms with Gasteiger partial charge in [0, 0.05) is 49.2 Å². The zero-order valence-corrected chi connectivity index (χ0v) is 20.6. The molecule has 1 heterocycles. The van der Waals surface area contributed by atoms with Gasteiger partial charge in [0.15, 0.2) is 0 Å². The Kier molecular flexibility index (Phi) is 6.63. The number of hydrogen-bond donors (Lipinski definition) is 3. The van der Waals surface area contributed by atoms with Crippen LogP contribution in [0.4, 0.5) is 10.5 Å². The van der Waals surface area contributed by atoms with Gasteiger partial charge in [0.1, 0.15) is 6.61 Å². The van der Waals surface area contributed by atoms with Crippen molar-refractivity contribution < 1.29 is 9.53 Å². The summed E-state index contributed by atoms with van der Waals surface area (Å²) < 4.78 is 5.76. The molecule has 6 heteroatoms. The number of ether oxygens (including phenoxy) is 1. The Morgan fingerprint density at radius 1 is 1.03 bits per heavy atom. The molecule has 1 fully saturated rings. The number of carbonyl (C=O) groups excluding carboxylic acids is 1. The highest BCUT2D eigenvalue weighted by molar-refractivity contribution is 7.80. The molecule has 1 amide bonds. The number of hydrogen-bond acceptors (Lipinski definition) is 5. The molecule has 0 unspecified atom stereocenters. The van der Waals surface area contributed by atoms with Crippen LogP contribution in [0.2, 0.25) is 0 Å². The number of carbonyl (C=O) groups is 1. The number of anilines is 1. The molecule has 34 heavy (non-hydrogen) atoms. The van der Waals surface area contributed by atoms with Crippen LogP contribution < -0.4 is 10.6 Å². The lowest BCUT2D eigenvalue weighted by molar-refractivity contribution is 0.158. The number of nitrogens with zero attached hydrogens (tertiary/aromatic N) is 1. The predicted octanol–water partition coefficient (Wildman–Crippen LogP) is 5.36. The third-order valence-electron chi connectivity index (χ3n) is 7.10. The van der Waals surface area contributed by atoms with E-state index in [1.807, 2.05) is 19.1 Å². The SMILES string of the molecule is Cc1c(CN2CCNCC2)cc(NC(=O)OCC2c3ccccc3-c3ccccc32)c(C)c1S. The molecule has 2 N–H and O–H groups in total. The Balaban J connectivity index is 1.30. The van der Waals surface area contributed by atoms with E-state index >= 15 is 0 Å². The summed E-state index contributed by atoms with van der Waals surface area (Å²) in [4.78, 5) is 16.2. The summed E-state index contributed by atoms with van der Waals surface area (Å²) in [6.45, 7) is 9.28. The fraction of sp³-hybridized carbons (Fsp3) is 0.321. The number of benzene rings is 3. The molecule has 1 aliphatic heterocycles. The molecule has 0 radical (unpaired) electrons. The van der Waals surface area contributed by atoms with E-state index in [1.54, 1.807) is 0 Å². The van der Waals surface area contributed by atoms with E-state index in [4.69, 9.17) is 17.4 Å².